The van der Waals surface area contributed by atoms with Gasteiger partial charge in [0.2, 0.25) is 0 Å². The van der Waals surface area contributed by atoms with Crippen LogP contribution in [0.4, 0.5) is 18.9 Å². The Morgan fingerprint density at radius 2 is 1.74 bits per heavy atom. The monoisotopic (exact) mass is 508 g/mol. The van der Waals surface area contributed by atoms with E-state index in [0.29, 0.717) is 17.8 Å². The van der Waals surface area contributed by atoms with Crippen LogP contribution in [0.5, 0.6) is 0 Å². The average molecular weight is 509 g/mol. The van der Waals surface area contributed by atoms with Gasteiger partial charge in [0, 0.05) is 33.4 Å². The zero-order chi connectivity index (χ0) is 22.6. The minimum atomic E-state index is -4.36. The van der Waals surface area contributed by atoms with Crippen LogP contribution in [0.15, 0.2) is 70.0 Å². The smallest absolute Gasteiger partial charge is 0.341 e. The number of hydrogen-bond donors (Lipinski definition) is 1. The SMILES string of the molecule is CC.O=C(Nc1cn(Cc2ccc(C(F)(F)F)cc2)c2ccccc12)c1cscc1Br. The molecule has 8 heteroatoms. The van der Waals surface area contributed by atoms with E-state index in [1.165, 1.54) is 23.5 Å². The predicted octanol–water partition coefficient (Wildman–Crippen LogP) is 7.81. The van der Waals surface area contributed by atoms with Gasteiger partial charge in [0.1, 0.15) is 0 Å². The lowest BCUT2D eigenvalue weighted by molar-refractivity contribution is -0.137. The lowest BCUT2D eigenvalue weighted by Crippen LogP contribution is -2.11. The Bertz CT molecular complexity index is 1180. The normalized spacial score (nSPS) is 11.2. The molecule has 2 heterocycles. The first-order valence-electron chi connectivity index (χ1n) is 9.60. The molecule has 0 aliphatic rings. The molecule has 0 aliphatic carbocycles. The number of para-hydroxylation sites is 1. The molecule has 3 nitrogen and oxygen atoms in total. The molecule has 2 aromatic carbocycles. The molecule has 31 heavy (non-hydrogen) atoms. The first kappa shape index (κ1) is 23.1. The van der Waals surface area contributed by atoms with Crippen molar-refractivity contribution in [2.45, 2.75) is 26.6 Å². The maximum Gasteiger partial charge on any atom is 0.416 e. The number of aromatic nitrogens is 1. The molecule has 0 atom stereocenters. The molecule has 1 N–H and O–H groups in total. The summed E-state index contributed by atoms with van der Waals surface area (Å²) in [6.07, 6.45) is -2.55. The van der Waals surface area contributed by atoms with Gasteiger partial charge < -0.3 is 9.88 Å². The van der Waals surface area contributed by atoms with Crippen LogP contribution in [0, 0.1) is 0 Å². The van der Waals surface area contributed by atoms with Crippen LogP contribution < -0.4 is 5.32 Å². The number of carbonyl (C=O) groups is 1. The number of thiophene rings is 1. The zero-order valence-corrected chi connectivity index (χ0v) is 19.2. The maximum atomic E-state index is 12.8. The molecule has 0 unspecified atom stereocenters. The van der Waals surface area contributed by atoms with Crippen LogP contribution in [-0.2, 0) is 12.7 Å². The van der Waals surface area contributed by atoms with E-state index in [9.17, 15) is 18.0 Å². The van der Waals surface area contributed by atoms with Gasteiger partial charge in [-0.1, -0.05) is 44.2 Å². The van der Waals surface area contributed by atoms with Crippen molar-refractivity contribution in [1.82, 2.24) is 4.57 Å². The molecule has 0 radical (unpaired) electrons. The summed E-state index contributed by atoms with van der Waals surface area (Å²) >= 11 is 4.79. The average Bonchev–Trinajstić information content (AvgIpc) is 3.33. The third kappa shape index (κ3) is 5.19. The lowest BCUT2D eigenvalue weighted by Gasteiger charge is -2.09. The van der Waals surface area contributed by atoms with Gasteiger partial charge in [-0.3, -0.25) is 4.79 Å². The number of halogens is 4. The fourth-order valence-electron chi connectivity index (χ4n) is 3.11. The fraction of sp³-hybridized carbons (Fsp3) is 0.174. The minimum absolute atomic E-state index is 0.226. The second-order valence-corrected chi connectivity index (χ2v) is 8.07. The predicted molar refractivity (Wildman–Crippen MR) is 124 cm³/mol. The van der Waals surface area contributed by atoms with Crippen molar-refractivity contribution in [3.8, 4) is 0 Å². The second-order valence-electron chi connectivity index (χ2n) is 6.47. The van der Waals surface area contributed by atoms with Gasteiger partial charge >= 0.3 is 6.18 Å². The molecule has 2 aromatic heterocycles. The van der Waals surface area contributed by atoms with Crippen molar-refractivity contribution < 1.29 is 18.0 Å². The Labute approximate surface area is 190 Å². The number of nitrogens with zero attached hydrogens (tertiary/aromatic N) is 1. The van der Waals surface area contributed by atoms with E-state index in [1.54, 1.807) is 11.6 Å². The molecule has 162 valence electrons. The number of rotatable bonds is 4. The van der Waals surface area contributed by atoms with Crippen LogP contribution >= 0.6 is 27.3 Å². The van der Waals surface area contributed by atoms with E-state index in [-0.39, 0.29) is 5.91 Å². The van der Waals surface area contributed by atoms with E-state index >= 15 is 0 Å². The quantitative estimate of drug-likeness (QED) is 0.299. The number of fused-ring (bicyclic) bond motifs is 1. The van der Waals surface area contributed by atoms with E-state index in [1.807, 2.05) is 48.1 Å². The van der Waals surface area contributed by atoms with E-state index in [0.717, 1.165) is 33.1 Å². The van der Waals surface area contributed by atoms with Crippen molar-refractivity contribution in [3.05, 3.63) is 86.7 Å². The first-order chi connectivity index (χ1) is 14.8. The van der Waals surface area contributed by atoms with Gasteiger partial charge in [-0.2, -0.15) is 24.5 Å². The number of alkyl halides is 3. The van der Waals surface area contributed by atoms with Gasteiger partial charge in [0.25, 0.3) is 5.91 Å². The molecule has 1 amide bonds. The third-order valence-corrected chi connectivity index (χ3v) is 6.23. The Morgan fingerprint density at radius 3 is 2.35 bits per heavy atom. The summed E-state index contributed by atoms with van der Waals surface area (Å²) in [5, 5.41) is 7.39. The number of benzene rings is 2. The Balaban J connectivity index is 0.00000132. The molecular formula is C23H20BrF3N2OS. The van der Waals surface area contributed by atoms with Crippen LogP contribution in [0.25, 0.3) is 10.9 Å². The van der Waals surface area contributed by atoms with E-state index < -0.39 is 11.7 Å². The minimum Gasteiger partial charge on any atom is -0.341 e. The highest BCUT2D eigenvalue weighted by Gasteiger charge is 2.29. The molecule has 0 bridgehead atoms. The first-order valence-corrected chi connectivity index (χ1v) is 11.3. The molecule has 4 rings (SSSR count). The molecule has 0 saturated carbocycles. The second kappa shape index (κ2) is 9.70. The number of amides is 1. The van der Waals surface area contributed by atoms with Crippen molar-refractivity contribution in [3.63, 3.8) is 0 Å². The van der Waals surface area contributed by atoms with Gasteiger partial charge in [0.05, 0.1) is 22.3 Å². The fourth-order valence-corrected chi connectivity index (χ4v) is 4.56. The molecular weight excluding hydrogens is 489 g/mol. The highest BCUT2D eigenvalue weighted by Crippen LogP contribution is 2.31. The standard InChI is InChI=1S/C21H14BrF3N2OS.C2H6/c22-17-12-29-11-16(17)20(28)26-18-10-27(19-4-2-1-3-15(18)19)9-13-5-7-14(8-6-13)21(23,24)25;1-2/h1-8,10-12H,9H2,(H,26,28);1-2H3. The number of carbonyl (C=O) groups excluding carboxylic acids is 1. The van der Waals surface area contributed by atoms with Gasteiger partial charge in [0.15, 0.2) is 0 Å². The highest BCUT2D eigenvalue weighted by molar-refractivity contribution is 9.10. The van der Waals surface area contributed by atoms with Crippen LogP contribution in [0.2, 0.25) is 0 Å². The summed E-state index contributed by atoms with van der Waals surface area (Å²) in [6.45, 7) is 4.39. The largest absolute Gasteiger partial charge is 0.416 e. The zero-order valence-electron chi connectivity index (χ0n) is 16.8. The van der Waals surface area contributed by atoms with Crippen LogP contribution in [0.1, 0.15) is 35.3 Å². The Hall–Kier alpha value is -2.58. The number of hydrogen-bond acceptors (Lipinski definition) is 2. The van der Waals surface area contributed by atoms with Crippen molar-refractivity contribution in [2.75, 3.05) is 5.32 Å². The van der Waals surface area contributed by atoms with E-state index in [4.69, 9.17) is 0 Å². The van der Waals surface area contributed by atoms with Crippen LogP contribution in [0.3, 0.4) is 0 Å². The molecule has 0 spiro atoms. The molecule has 4 aromatic rings. The molecule has 0 saturated heterocycles. The summed E-state index contributed by atoms with van der Waals surface area (Å²) in [6, 6.07) is 12.7. The van der Waals surface area contributed by atoms with Crippen molar-refractivity contribution >= 4 is 49.8 Å². The Kier molecular flexibility index (Phi) is 7.23. The van der Waals surface area contributed by atoms with Crippen LogP contribution in [-0.4, -0.2) is 10.5 Å². The highest BCUT2D eigenvalue weighted by atomic mass is 79.9. The maximum absolute atomic E-state index is 12.8. The van der Waals surface area contributed by atoms with Gasteiger partial charge in [-0.05, 0) is 39.7 Å². The summed E-state index contributed by atoms with van der Waals surface area (Å²) in [4.78, 5) is 12.6. The van der Waals surface area contributed by atoms with Gasteiger partial charge in [-0.15, -0.1) is 0 Å². The van der Waals surface area contributed by atoms with Gasteiger partial charge in [-0.25, -0.2) is 0 Å². The topological polar surface area (TPSA) is 34.0 Å². The third-order valence-electron chi connectivity index (χ3n) is 4.53. The number of anilines is 1. The van der Waals surface area contributed by atoms with Crippen molar-refractivity contribution in [2.24, 2.45) is 0 Å². The summed E-state index contributed by atoms with van der Waals surface area (Å²) in [7, 11) is 0. The summed E-state index contributed by atoms with van der Waals surface area (Å²) < 4.78 is 41.0. The molecule has 0 aliphatic heterocycles. The lowest BCUT2D eigenvalue weighted by atomic mass is 10.1. The van der Waals surface area contributed by atoms with Crippen molar-refractivity contribution in [1.29, 1.82) is 0 Å². The van der Waals surface area contributed by atoms with E-state index in [2.05, 4.69) is 21.2 Å². The number of nitrogens with one attached hydrogen (secondary N) is 1. The summed E-state index contributed by atoms with van der Waals surface area (Å²) in [5.74, 6) is -0.226. The Morgan fingerprint density at radius 1 is 1.06 bits per heavy atom. The molecule has 0 fully saturated rings. The summed E-state index contributed by atoms with van der Waals surface area (Å²) in [5.41, 5.74) is 2.14.